The number of fused-ring (bicyclic) bond motifs is 3. The Hall–Kier alpha value is -4.10. The molecule has 4 aromatic rings. The van der Waals surface area contributed by atoms with Crippen LogP contribution in [0.15, 0.2) is 82.0 Å². The molecule has 1 amide bonds. The predicted molar refractivity (Wildman–Crippen MR) is 134 cm³/mol. The molecule has 0 saturated carbocycles. The lowest BCUT2D eigenvalue weighted by Gasteiger charge is -2.18. The zero-order valence-corrected chi connectivity index (χ0v) is 19.9. The first-order valence-corrected chi connectivity index (χ1v) is 11.9. The molecule has 1 heterocycles. The number of carbonyl (C=O) groups is 2. The number of amides is 1. The first-order valence-electron chi connectivity index (χ1n) is 11.5. The number of carbonyl (C=O) groups excluding carboxylic acids is 2. The van der Waals surface area contributed by atoms with Crippen LogP contribution in [0.3, 0.4) is 0 Å². The summed E-state index contributed by atoms with van der Waals surface area (Å²) in [6.45, 7) is 0.0447. The van der Waals surface area contributed by atoms with E-state index in [1.165, 1.54) is 6.07 Å². The van der Waals surface area contributed by atoms with Crippen LogP contribution >= 0.6 is 11.6 Å². The third-order valence-corrected chi connectivity index (χ3v) is 6.38. The van der Waals surface area contributed by atoms with Crippen LogP contribution in [-0.4, -0.2) is 12.1 Å². The summed E-state index contributed by atoms with van der Waals surface area (Å²) < 4.78 is 16.3. The standard InChI is InChI=1S/C28H22ClNO6/c29-22-14-21-19-12-7-13-20(19)26(31)35-23(21)15-24(22)36-27(32)25(18-10-5-2-6-11-18)30-28(33)34-16-17-8-3-1-4-9-17/h1-6,8-11,14-15,25H,7,12-13,16H2,(H,30,33)/t25-/m1/s1. The van der Waals surface area contributed by atoms with Crippen molar-refractivity contribution in [2.75, 3.05) is 0 Å². The molecule has 7 nitrogen and oxygen atoms in total. The molecule has 0 aliphatic heterocycles. The summed E-state index contributed by atoms with van der Waals surface area (Å²) in [7, 11) is 0. The van der Waals surface area contributed by atoms with Crippen molar-refractivity contribution in [1.29, 1.82) is 0 Å². The molecule has 0 spiro atoms. The second-order valence-corrected chi connectivity index (χ2v) is 8.86. The molecule has 5 rings (SSSR count). The van der Waals surface area contributed by atoms with Crippen LogP contribution in [0.2, 0.25) is 5.02 Å². The molecule has 182 valence electrons. The van der Waals surface area contributed by atoms with E-state index in [9.17, 15) is 14.4 Å². The Balaban J connectivity index is 1.38. The number of halogens is 1. The van der Waals surface area contributed by atoms with Gasteiger partial charge in [-0.05, 0) is 42.0 Å². The number of benzene rings is 3. The molecule has 0 bridgehead atoms. The first kappa shape index (κ1) is 23.6. The fourth-order valence-electron chi connectivity index (χ4n) is 4.33. The van der Waals surface area contributed by atoms with Gasteiger partial charge in [0.2, 0.25) is 0 Å². The lowest BCUT2D eigenvalue weighted by atomic mass is 10.1. The number of hydrogen-bond donors (Lipinski definition) is 1. The average Bonchev–Trinajstić information content (AvgIpc) is 3.39. The van der Waals surface area contributed by atoms with Crippen molar-refractivity contribution in [3.05, 3.63) is 110 Å². The zero-order valence-electron chi connectivity index (χ0n) is 19.2. The summed E-state index contributed by atoms with van der Waals surface area (Å²) in [5, 5.41) is 3.49. The molecule has 8 heteroatoms. The van der Waals surface area contributed by atoms with Crippen LogP contribution in [-0.2, 0) is 29.0 Å². The van der Waals surface area contributed by atoms with E-state index in [4.69, 9.17) is 25.5 Å². The Kier molecular flexibility index (Phi) is 6.73. The molecule has 0 fully saturated rings. The van der Waals surface area contributed by atoms with Gasteiger partial charge in [0.15, 0.2) is 11.8 Å². The van der Waals surface area contributed by atoms with Gasteiger partial charge in [0, 0.05) is 17.0 Å². The minimum atomic E-state index is -1.16. The van der Waals surface area contributed by atoms with Gasteiger partial charge >= 0.3 is 17.7 Å². The largest absolute Gasteiger partial charge is 0.445 e. The zero-order chi connectivity index (χ0) is 25.1. The van der Waals surface area contributed by atoms with Crippen molar-refractivity contribution in [3.8, 4) is 5.75 Å². The molecule has 1 aliphatic carbocycles. The van der Waals surface area contributed by atoms with Crippen LogP contribution in [0.5, 0.6) is 5.75 Å². The number of rotatable bonds is 6. The van der Waals surface area contributed by atoms with E-state index >= 15 is 0 Å². The van der Waals surface area contributed by atoms with Crippen LogP contribution < -0.4 is 15.7 Å². The van der Waals surface area contributed by atoms with Gasteiger partial charge in [-0.2, -0.15) is 0 Å². The first-order chi connectivity index (χ1) is 17.5. The van der Waals surface area contributed by atoms with Crippen molar-refractivity contribution in [3.63, 3.8) is 0 Å². The molecule has 1 aliphatic rings. The highest BCUT2D eigenvalue weighted by molar-refractivity contribution is 6.33. The van der Waals surface area contributed by atoms with Gasteiger partial charge in [0.05, 0.1) is 5.02 Å². The summed E-state index contributed by atoms with van der Waals surface area (Å²) in [6.07, 6.45) is 1.53. The van der Waals surface area contributed by atoms with Gasteiger partial charge in [-0.25, -0.2) is 14.4 Å². The van der Waals surface area contributed by atoms with Gasteiger partial charge in [0.25, 0.3) is 0 Å². The molecule has 0 saturated heterocycles. The lowest BCUT2D eigenvalue weighted by Crippen LogP contribution is -2.36. The fourth-order valence-corrected chi connectivity index (χ4v) is 4.54. The van der Waals surface area contributed by atoms with Gasteiger partial charge in [-0.1, -0.05) is 72.3 Å². The van der Waals surface area contributed by atoms with E-state index in [-0.39, 0.29) is 23.0 Å². The molecular weight excluding hydrogens is 482 g/mol. The van der Waals surface area contributed by atoms with Crippen molar-refractivity contribution < 1.29 is 23.5 Å². The highest BCUT2D eigenvalue weighted by Gasteiger charge is 2.27. The van der Waals surface area contributed by atoms with E-state index in [1.54, 1.807) is 36.4 Å². The van der Waals surface area contributed by atoms with Crippen molar-refractivity contribution in [2.45, 2.75) is 31.9 Å². The van der Waals surface area contributed by atoms with Crippen molar-refractivity contribution in [1.82, 2.24) is 5.32 Å². The van der Waals surface area contributed by atoms with Crippen molar-refractivity contribution >= 4 is 34.6 Å². The minimum absolute atomic E-state index is 0.0237. The lowest BCUT2D eigenvalue weighted by molar-refractivity contribution is -0.136. The number of ether oxygens (including phenoxy) is 2. The fraction of sp³-hybridized carbons (Fsp3) is 0.179. The summed E-state index contributed by atoms with van der Waals surface area (Å²) in [4.78, 5) is 38.1. The van der Waals surface area contributed by atoms with E-state index in [1.807, 2.05) is 30.3 Å². The molecular formula is C28H22ClNO6. The molecule has 3 aromatic carbocycles. The highest BCUT2D eigenvalue weighted by Crippen LogP contribution is 2.35. The van der Waals surface area contributed by atoms with Gasteiger partial charge < -0.3 is 19.2 Å². The maximum Gasteiger partial charge on any atom is 0.408 e. The summed E-state index contributed by atoms with van der Waals surface area (Å²) in [5.74, 6) is -0.752. The van der Waals surface area contributed by atoms with Crippen molar-refractivity contribution in [2.24, 2.45) is 0 Å². The number of hydrogen-bond acceptors (Lipinski definition) is 6. The smallest absolute Gasteiger partial charge is 0.408 e. The summed E-state index contributed by atoms with van der Waals surface area (Å²) >= 11 is 6.45. The second kappa shape index (κ2) is 10.3. The SMILES string of the molecule is O=C(N[C@@H](C(=O)Oc1cc2oc(=O)c3c(c2cc1Cl)CCC3)c1ccccc1)OCc1ccccc1. The molecule has 1 N–H and O–H groups in total. The Morgan fingerprint density at radius 1 is 0.972 bits per heavy atom. The molecule has 1 atom stereocenters. The van der Waals surface area contributed by atoms with E-state index in [2.05, 4.69) is 5.32 Å². The number of alkyl carbamates (subject to hydrolysis) is 1. The van der Waals surface area contributed by atoms with E-state index < -0.39 is 18.1 Å². The van der Waals surface area contributed by atoms with Gasteiger partial charge in [0.1, 0.15) is 12.2 Å². The maximum absolute atomic E-state index is 13.2. The molecule has 0 unspecified atom stereocenters. The summed E-state index contributed by atoms with van der Waals surface area (Å²) in [6, 6.07) is 19.8. The quantitative estimate of drug-likeness (QED) is 0.212. The van der Waals surface area contributed by atoms with Crippen LogP contribution in [0.25, 0.3) is 11.0 Å². The number of esters is 1. The van der Waals surface area contributed by atoms with E-state index in [0.717, 1.165) is 29.4 Å². The number of nitrogens with one attached hydrogen (secondary N) is 1. The Morgan fingerprint density at radius 2 is 1.67 bits per heavy atom. The normalized spacial score (nSPS) is 13.1. The Bertz CT molecular complexity index is 1480. The highest BCUT2D eigenvalue weighted by atomic mass is 35.5. The Labute approximate surface area is 211 Å². The molecule has 0 radical (unpaired) electrons. The average molecular weight is 504 g/mol. The maximum atomic E-state index is 13.2. The van der Waals surface area contributed by atoms with Gasteiger partial charge in [-0.3, -0.25) is 0 Å². The second-order valence-electron chi connectivity index (χ2n) is 8.45. The number of aryl methyl sites for hydroxylation is 1. The predicted octanol–water partition coefficient (Wildman–Crippen LogP) is 5.51. The van der Waals surface area contributed by atoms with Crippen LogP contribution in [0.1, 0.15) is 34.7 Å². The topological polar surface area (TPSA) is 94.8 Å². The third-order valence-electron chi connectivity index (χ3n) is 6.08. The minimum Gasteiger partial charge on any atom is -0.445 e. The molecule has 36 heavy (non-hydrogen) atoms. The van der Waals surface area contributed by atoms with Crippen LogP contribution in [0.4, 0.5) is 4.79 Å². The van der Waals surface area contributed by atoms with Crippen LogP contribution in [0, 0.1) is 0 Å². The monoisotopic (exact) mass is 503 g/mol. The summed E-state index contributed by atoms with van der Waals surface area (Å²) in [5.41, 5.74) is 2.80. The third kappa shape index (κ3) is 4.97. The Morgan fingerprint density at radius 3 is 2.42 bits per heavy atom. The van der Waals surface area contributed by atoms with Gasteiger partial charge in [-0.15, -0.1) is 0 Å². The molecule has 1 aromatic heterocycles. The van der Waals surface area contributed by atoms with E-state index in [0.29, 0.717) is 23.1 Å².